The van der Waals surface area contributed by atoms with Gasteiger partial charge in [-0.1, -0.05) is 11.6 Å². The van der Waals surface area contributed by atoms with Crippen LogP contribution >= 0.6 is 11.6 Å². The second-order valence-electron chi connectivity index (χ2n) is 3.05. The van der Waals surface area contributed by atoms with E-state index in [1.54, 1.807) is 18.2 Å². The summed E-state index contributed by atoms with van der Waals surface area (Å²) in [5.41, 5.74) is 6.71. The molecule has 1 heterocycles. The van der Waals surface area contributed by atoms with Gasteiger partial charge in [-0.15, -0.1) is 0 Å². The van der Waals surface area contributed by atoms with E-state index < -0.39 is 5.91 Å². The molecular formula is C9H8ClN5O. The molecular weight excluding hydrogens is 230 g/mol. The Morgan fingerprint density at radius 2 is 2.31 bits per heavy atom. The largest absolute Gasteiger partial charge is 0.399 e. The summed E-state index contributed by atoms with van der Waals surface area (Å²) in [5, 5.41) is 12.5. The number of amides is 1. The van der Waals surface area contributed by atoms with Crippen LogP contribution in [0.5, 0.6) is 0 Å². The van der Waals surface area contributed by atoms with Gasteiger partial charge in [0.15, 0.2) is 5.69 Å². The van der Waals surface area contributed by atoms with Crippen molar-refractivity contribution < 1.29 is 4.79 Å². The molecule has 0 bridgehead atoms. The van der Waals surface area contributed by atoms with Crippen LogP contribution in [0.1, 0.15) is 10.5 Å². The number of nitrogens with one attached hydrogen (secondary N) is 2. The van der Waals surface area contributed by atoms with Crippen LogP contribution in [-0.2, 0) is 0 Å². The zero-order valence-electron chi connectivity index (χ0n) is 8.07. The molecule has 0 spiro atoms. The van der Waals surface area contributed by atoms with E-state index in [0.29, 0.717) is 16.4 Å². The molecule has 2 aromatic rings. The molecule has 1 aromatic carbocycles. The zero-order valence-corrected chi connectivity index (χ0v) is 8.82. The highest BCUT2D eigenvalue weighted by molar-refractivity contribution is 6.34. The van der Waals surface area contributed by atoms with Crippen LogP contribution in [0.15, 0.2) is 24.4 Å². The number of nitrogen functional groups attached to an aromatic ring is 1. The molecule has 16 heavy (non-hydrogen) atoms. The van der Waals surface area contributed by atoms with Gasteiger partial charge < -0.3 is 11.1 Å². The normalized spacial score (nSPS) is 10.1. The van der Waals surface area contributed by atoms with Crippen LogP contribution in [-0.4, -0.2) is 21.3 Å². The Morgan fingerprint density at radius 1 is 1.50 bits per heavy atom. The lowest BCUT2D eigenvalue weighted by atomic mass is 10.2. The highest BCUT2D eigenvalue weighted by Gasteiger charge is 2.10. The van der Waals surface area contributed by atoms with Crippen molar-refractivity contribution in [2.45, 2.75) is 0 Å². The van der Waals surface area contributed by atoms with Crippen LogP contribution in [0.25, 0.3) is 0 Å². The van der Waals surface area contributed by atoms with Gasteiger partial charge in [-0.05, 0) is 18.2 Å². The molecule has 2 rings (SSSR count). The van der Waals surface area contributed by atoms with Crippen LogP contribution in [0.4, 0.5) is 11.4 Å². The van der Waals surface area contributed by atoms with Crippen molar-refractivity contribution in [3.8, 4) is 0 Å². The third-order valence-corrected chi connectivity index (χ3v) is 2.22. The number of benzene rings is 1. The maximum atomic E-state index is 11.6. The number of halogens is 1. The van der Waals surface area contributed by atoms with Crippen LogP contribution in [0, 0.1) is 0 Å². The van der Waals surface area contributed by atoms with Gasteiger partial charge in [-0.25, -0.2) is 0 Å². The van der Waals surface area contributed by atoms with Crippen LogP contribution < -0.4 is 11.1 Å². The first-order valence-electron chi connectivity index (χ1n) is 4.39. The van der Waals surface area contributed by atoms with Crippen molar-refractivity contribution in [1.82, 2.24) is 15.4 Å². The Hall–Kier alpha value is -2.08. The Balaban J connectivity index is 2.21. The summed E-state index contributed by atoms with van der Waals surface area (Å²) in [5.74, 6) is -0.402. The molecule has 0 fully saturated rings. The molecule has 0 saturated heterocycles. The summed E-state index contributed by atoms with van der Waals surface area (Å²) < 4.78 is 0. The summed E-state index contributed by atoms with van der Waals surface area (Å²) in [6.45, 7) is 0. The monoisotopic (exact) mass is 237 g/mol. The van der Waals surface area contributed by atoms with Crippen molar-refractivity contribution in [2.24, 2.45) is 0 Å². The molecule has 0 saturated carbocycles. The van der Waals surface area contributed by atoms with Crippen molar-refractivity contribution in [3.63, 3.8) is 0 Å². The van der Waals surface area contributed by atoms with E-state index in [4.69, 9.17) is 17.3 Å². The standard InChI is InChI=1S/C9H8ClN5O/c10-6-2-1-5(11)3-7(6)13-9(16)8-4-12-15-14-8/h1-4H,11H2,(H,13,16)(H,12,14,15). The first-order valence-corrected chi connectivity index (χ1v) is 4.77. The number of rotatable bonds is 2. The Bertz CT molecular complexity index is 511. The number of nitrogens with two attached hydrogens (primary N) is 1. The predicted octanol–water partition coefficient (Wildman–Crippen LogP) is 1.29. The summed E-state index contributed by atoms with van der Waals surface area (Å²) in [7, 11) is 0. The van der Waals surface area contributed by atoms with Crippen molar-refractivity contribution >= 4 is 28.9 Å². The van der Waals surface area contributed by atoms with E-state index in [0.717, 1.165) is 0 Å². The lowest BCUT2D eigenvalue weighted by Crippen LogP contribution is -2.12. The number of anilines is 2. The van der Waals surface area contributed by atoms with Gasteiger partial charge in [0.25, 0.3) is 5.91 Å². The molecule has 0 aliphatic carbocycles. The Labute approximate surface area is 95.8 Å². The average molecular weight is 238 g/mol. The Morgan fingerprint density at radius 3 is 3.00 bits per heavy atom. The first-order chi connectivity index (χ1) is 7.66. The molecule has 82 valence electrons. The van der Waals surface area contributed by atoms with Crippen molar-refractivity contribution in [3.05, 3.63) is 35.1 Å². The Kier molecular flexibility index (Phi) is 2.74. The lowest BCUT2D eigenvalue weighted by Gasteiger charge is -2.05. The number of carbonyl (C=O) groups is 1. The molecule has 0 radical (unpaired) electrons. The number of hydrogen-bond donors (Lipinski definition) is 3. The molecule has 0 unspecified atom stereocenters. The fourth-order valence-electron chi connectivity index (χ4n) is 1.14. The van der Waals surface area contributed by atoms with Gasteiger partial charge in [0.1, 0.15) is 0 Å². The fourth-order valence-corrected chi connectivity index (χ4v) is 1.30. The number of H-pyrrole nitrogens is 1. The first kappa shape index (κ1) is 10.4. The van der Waals surface area contributed by atoms with Crippen molar-refractivity contribution in [2.75, 3.05) is 11.1 Å². The minimum atomic E-state index is -0.402. The van der Waals surface area contributed by atoms with Gasteiger partial charge >= 0.3 is 0 Å². The van der Waals surface area contributed by atoms with Crippen LogP contribution in [0.2, 0.25) is 5.02 Å². The van der Waals surface area contributed by atoms with Crippen molar-refractivity contribution in [1.29, 1.82) is 0 Å². The molecule has 7 heteroatoms. The highest BCUT2D eigenvalue weighted by atomic mass is 35.5. The molecule has 1 amide bonds. The second kappa shape index (κ2) is 4.19. The van der Waals surface area contributed by atoms with Crippen LogP contribution in [0.3, 0.4) is 0 Å². The molecule has 4 N–H and O–H groups in total. The van der Waals surface area contributed by atoms with E-state index in [-0.39, 0.29) is 5.69 Å². The predicted molar refractivity (Wildman–Crippen MR) is 60.2 cm³/mol. The maximum Gasteiger partial charge on any atom is 0.277 e. The lowest BCUT2D eigenvalue weighted by molar-refractivity contribution is 0.102. The molecule has 0 atom stereocenters. The summed E-state index contributed by atoms with van der Waals surface area (Å²) >= 11 is 5.89. The third kappa shape index (κ3) is 2.12. The number of hydrogen-bond acceptors (Lipinski definition) is 4. The van der Waals surface area contributed by atoms with Gasteiger partial charge in [0, 0.05) is 5.69 Å². The zero-order chi connectivity index (χ0) is 11.5. The van der Waals surface area contributed by atoms with E-state index >= 15 is 0 Å². The number of nitrogens with zero attached hydrogens (tertiary/aromatic N) is 2. The minimum absolute atomic E-state index is 0.179. The fraction of sp³-hybridized carbons (Fsp3) is 0. The smallest absolute Gasteiger partial charge is 0.277 e. The number of aromatic nitrogens is 3. The van der Waals surface area contributed by atoms with E-state index in [2.05, 4.69) is 20.7 Å². The van der Waals surface area contributed by atoms with Gasteiger partial charge in [-0.3, -0.25) is 4.79 Å². The SMILES string of the molecule is Nc1ccc(Cl)c(NC(=O)c2cn[nH]n2)c1. The van der Waals surface area contributed by atoms with E-state index in [1.807, 2.05) is 0 Å². The van der Waals surface area contributed by atoms with Gasteiger partial charge in [0.2, 0.25) is 0 Å². The third-order valence-electron chi connectivity index (χ3n) is 1.89. The average Bonchev–Trinajstić information content (AvgIpc) is 2.76. The van der Waals surface area contributed by atoms with E-state index in [9.17, 15) is 4.79 Å². The van der Waals surface area contributed by atoms with E-state index in [1.165, 1.54) is 6.20 Å². The minimum Gasteiger partial charge on any atom is -0.399 e. The molecule has 6 nitrogen and oxygen atoms in total. The topological polar surface area (TPSA) is 96.7 Å². The van der Waals surface area contributed by atoms with Gasteiger partial charge in [0.05, 0.1) is 16.9 Å². The summed E-state index contributed by atoms with van der Waals surface area (Å²) in [4.78, 5) is 11.6. The summed E-state index contributed by atoms with van der Waals surface area (Å²) in [6, 6.07) is 4.82. The number of aromatic amines is 1. The van der Waals surface area contributed by atoms with Gasteiger partial charge in [-0.2, -0.15) is 15.4 Å². The molecule has 0 aliphatic rings. The summed E-state index contributed by atoms with van der Waals surface area (Å²) in [6.07, 6.45) is 1.32. The second-order valence-corrected chi connectivity index (χ2v) is 3.46. The molecule has 0 aliphatic heterocycles. The highest BCUT2D eigenvalue weighted by Crippen LogP contribution is 2.24. The number of carbonyl (C=O) groups excluding carboxylic acids is 1. The molecule has 1 aromatic heterocycles. The maximum absolute atomic E-state index is 11.6. The quantitative estimate of drug-likeness (QED) is 0.686.